The van der Waals surface area contributed by atoms with E-state index >= 15 is 0 Å². The maximum absolute atomic E-state index is 12.4. The van der Waals surface area contributed by atoms with E-state index in [9.17, 15) is 15.0 Å². The largest absolute Gasteiger partial charge is 0.394 e. The van der Waals surface area contributed by atoms with Crippen molar-refractivity contribution in [1.82, 2.24) is 5.32 Å². The molecule has 0 saturated heterocycles. The highest BCUT2D eigenvalue weighted by molar-refractivity contribution is 5.76. The number of hydrogen-bond donors (Lipinski definition) is 3. The normalized spacial score (nSPS) is 13.5. The van der Waals surface area contributed by atoms with E-state index in [0.717, 1.165) is 44.9 Å². The van der Waals surface area contributed by atoms with Crippen LogP contribution in [0.2, 0.25) is 0 Å². The Labute approximate surface area is 330 Å². The molecule has 0 aliphatic rings. The summed E-state index contributed by atoms with van der Waals surface area (Å²) in [6, 6.07) is -0.647. The third-order valence-electron chi connectivity index (χ3n) is 10.2. The number of allylic oxidation sites excluding steroid dienone is 9. The second-order valence-corrected chi connectivity index (χ2v) is 15.4. The Kier molecular flexibility index (Phi) is 42.9. The van der Waals surface area contributed by atoms with Crippen molar-refractivity contribution in [2.45, 2.75) is 238 Å². The van der Waals surface area contributed by atoms with E-state index in [2.05, 4.69) is 67.8 Å². The summed E-state index contributed by atoms with van der Waals surface area (Å²) in [5.41, 5.74) is 0. The zero-order chi connectivity index (χ0) is 38.6. The number of nitrogens with one attached hydrogen (secondary N) is 1. The number of rotatable bonds is 41. The molecule has 0 saturated carbocycles. The number of aliphatic hydroxyl groups is 2. The minimum atomic E-state index is -0.872. The van der Waals surface area contributed by atoms with Crippen molar-refractivity contribution in [3.63, 3.8) is 0 Å². The molecule has 308 valence electrons. The van der Waals surface area contributed by atoms with Gasteiger partial charge in [0.25, 0.3) is 0 Å². The van der Waals surface area contributed by atoms with Gasteiger partial charge >= 0.3 is 0 Å². The number of carbonyl (C=O) groups excluding carboxylic acids is 1. The van der Waals surface area contributed by atoms with Gasteiger partial charge in [-0.3, -0.25) is 4.79 Å². The summed E-state index contributed by atoms with van der Waals surface area (Å²) in [5.74, 6) is -0.0821. The lowest BCUT2D eigenvalue weighted by atomic mass is 10.0. The first kappa shape index (κ1) is 51.1. The van der Waals surface area contributed by atoms with Crippen molar-refractivity contribution in [2.24, 2.45) is 0 Å². The van der Waals surface area contributed by atoms with Gasteiger partial charge in [-0.05, 0) is 77.0 Å². The van der Waals surface area contributed by atoms with Crippen LogP contribution in [-0.2, 0) is 4.79 Å². The van der Waals surface area contributed by atoms with Crippen LogP contribution >= 0.6 is 0 Å². The molecule has 4 nitrogen and oxygen atoms in total. The van der Waals surface area contributed by atoms with Gasteiger partial charge in [-0.2, -0.15) is 0 Å². The van der Waals surface area contributed by atoms with Crippen LogP contribution < -0.4 is 5.32 Å². The van der Waals surface area contributed by atoms with Crippen LogP contribution in [0.15, 0.2) is 60.8 Å². The van der Waals surface area contributed by atoms with E-state index in [4.69, 9.17) is 0 Å². The van der Waals surface area contributed by atoms with Crippen molar-refractivity contribution < 1.29 is 15.0 Å². The molecular formula is C49H89NO3. The van der Waals surface area contributed by atoms with E-state index in [1.54, 1.807) is 6.08 Å². The third kappa shape index (κ3) is 41.1. The van der Waals surface area contributed by atoms with Gasteiger partial charge in [0.1, 0.15) is 0 Å². The molecule has 0 aliphatic heterocycles. The lowest BCUT2D eigenvalue weighted by molar-refractivity contribution is -0.123. The van der Waals surface area contributed by atoms with Crippen LogP contribution in [0.25, 0.3) is 0 Å². The Hall–Kier alpha value is -1.91. The van der Waals surface area contributed by atoms with Crippen LogP contribution in [0.3, 0.4) is 0 Å². The molecule has 0 aromatic heterocycles. The molecular weight excluding hydrogens is 651 g/mol. The summed E-state index contributed by atoms with van der Waals surface area (Å²) >= 11 is 0. The van der Waals surface area contributed by atoms with Crippen LogP contribution in [0.5, 0.6) is 0 Å². The summed E-state index contributed by atoms with van der Waals surface area (Å²) in [5, 5.41) is 23.0. The number of unbranched alkanes of at least 4 members (excludes halogenated alkanes) is 26. The second-order valence-electron chi connectivity index (χ2n) is 15.4. The van der Waals surface area contributed by atoms with Gasteiger partial charge in [-0.15, -0.1) is 0 Å². The van der Waals surface area contributed by atoms with Gasteiger partial charge in [-0.1, -0.05) is 203 Å². The van der Waals surface area contributed by atoms with Gasteiger partial charge in [-0.25, -0.2) is 0 Å². The van der Waals surface area contributed by atoms with Crippen molar-refractivity contribution in [3.8, 4) is 0 Å². The molecule has 0 fully saturated rings. The van der Waals surface area contributed by atoms with Gasteiger partial charge in [0.15, 0.2) is 0 Å². The van der Waals surface area contributed by atoms with Crippen LogP contribution in [0, 0.1) is 0 Å². The lowest BCUT2D eigenvalue weighted by Crippen LogP contribution is -2.45. The molecule has 0 spiro atoms. The van der Waals surface area contributed by atoms with Crippen molar-refractivity contribution in [2.75, 3.05) is 6.61 Å². The molecule has 0 aromatic rings. The first-order chi connectivity index (χ1) is 26.2. The number of amides is 1. The molecule has 0 heterocycles. The van der Waals surface area contributed by atoms with Crippen molar-refractivity contribution >= 4 is 5.91 Å². The quantitative estimate of drug-likeness (QED) is 0.0432. The Morgan fingerprint density at radius 3 is 1.23 bits per heavy atom. The zero-order valence-corrected chi connectivity index (χ0v) is 35.3. The van der Waals surface area contributed by atoms with Crippen molar-refractivity contribution in [1.29, 1.82) is 0 Å². The predicted molar refractivity (Wildman–Crippen MR) is 234 cm³/mol. The number of aliphatic hydroxyl groups excluding tert-OH is 2. The molecule has 0 bridgehead atoms. The Morgan fingerprint density at radius 2 is 0.792 bits per heavy atom. The molecule has 2 atom stereocenters. The molecule has 0 aliphatic carbocycles. The van der Waals surface area contributed by atoms with E-state index in [0.29, 0.717) is 6.42 Å². The molecule has 3 N–H and O–H groups in total. The van der Waals surface area contributed by atoms with E-state index < -0.39 is 12.1 Å². The molecule has 0 radical (unpaired) electrons. The van der Waals surface area contributed by atoms with E-state index in [1.807, 2.05) is 6.08 Å². The fourth-order valence-electron chi connectivity index (χ4n) is 6.65. The maximum Gasteiger partial charge on any atom is 0.220 e. The molecule has 0 aromatic carbocycles. The molecule has 1 amide bonds. The van der Waals surface area contributed by atoms with Crippen molar-refractivity contribution in [3.05, 3.63) is 60.8 Å². The summed E-state index contributed by atoms with van der Waals surface area (Å²) in [4.78, 5) is 12.4. The van der Waals surface area contributed by atoms with E-state index in [-0.39, 0.29) is 12.5 Å². The first-order valence-corrected chi connectivity index (χ1v) is 23.0. The summed E-state index contributed by atoms with van der Waals surface area (Å²) < 4.78 is 0. The minimum Gasteiger partial charge on any atom is -0.394 e. The molecule has 0 rings (SSSR count). The average Bonchev–Trinajstić information content (AvgIpc) is 3.16. The van der Waals surface area contributed by atoms with Crippen LogP contribution in [0.4, 0.5) is 0 Å². The third-order valence-corrected chi connectivity index (χ3v) is 10.2. The highest BCUT2D eigenvalue weighted by atomic mass is 16.3. The van der Waals surface area contributed by atoms with Gasteiger partial charge in [0, 0.05) is 6.42 Å². The fourth-order valence-corrected chi connectivity index (χ4v) is 6.65. The number of carbonyl (C=O) groups is 1. The minimum absolute atomic E-state index is 0.0821. The monoisotopic (exact) mass is 740 g/mol. The van der Waals surface area contributed by atoms with Crippen LogP contribution in [0.1, 0.15) is 226 Å². The topological polar surface area (TPSA) is 69.6 Å². The molecule has 2 unspecified atom stereocenters. The zero-order valence-electron chi connectivity index (χ0n) is 35.3. The fraction of sp³-hybridized carbons (Fsp3) is 0.776. The smallest absolute Gasteiger partial charge is 0.220 e. The summed E-state index contributed by atoms with van der Waals surface area (Å²) in [7, 11) is 0. The highest BCUT2D eigenvalue weighted by Gasteiger charge is 2.17. The van der Waals surface area contributed by atoms with Crippen LogP contribution in [-0.4, -0.2) is 34.9 Å². The average molecular weight is 740 g/mol. The van der Waals surface area contributed by atoms with Gasteiger partial charge < -0.3 is 15.5 Å². The standard InChI is InChI=1S/C49H89NO3/c1-3-5-7-9-11-13-15-17-19-20-21-22-23-24-25-26-27-28-29-30-31-33-35-37-39-41-43-45-49(53)50-47(46-51)48(52)44-42-40-38-36-34-32-18-16-14-12-10-8-6-4-2/h14,16,21-22,24-25,34,36,42,44,47-48,51-52H,3-13,15,17-20,23,26-33,35,37-41,43,45-46H2,1-2H3,(H,50,53)/b16-14+,22-21-,25-24-,36-34+,44-42+. The van der Waals surface area contributed by atoms with Gasteiger partial charge in [0.05, 0.1) is 18.8 Å². The number of hydrogen-bond acceptors (Lipinski definition) is 3. The Balaban J connectivity index is 3.58. The second kappa shape index (κ2) is 44.5. The molecule has 53 heavy (non-hydrogen) atoms. The lowest BCUT2D eigenvalue weighted by Gasteiger charge is -2.19. The summed E-state index contributed by atoms with van der Waals surface area (Å²) in [6.45, 7) is 4.27. The first-order valence-electron chi connectivity index (χ1n) is 23.0. The highest BCUT2D eigenvalue weighted by Crippen LogP contribution is 2.14. The van der Waals surface area contributed by atoms with E-state index in [1.165, 1.54) is 161 Å². The maximum atomic E-state index is 12.4. The SMILES string of the molecule is CCCCCC/C=C/CC/C=C/CC/C=C/C(O)C(CO)NC(=O)CCCCCCCCCCCCC/C=C\C/C=C\CCCCCCCCCCC. The summed E-state index contributed by atoms with van der Waals surface area (Å²) in [6.07, 6.45) is 62.0. The Bertz CT molecular complexity index is 888. The predicted octanol–water partition coefficient (Wildman–Crippen LogP) is 14.5. The van der Waals surface area contributed by atoms with Gasteiger partial charge in [0.2, 0.25) is 5.91 Å². The Morgan fingerprint density at radius 1 is 0.453 bits per heavy atom. The molecule has 4 heteroatoms.